The van der Waals surface area contributed by atoms with Crippen molar-refractivity contribution in [1.82, 2.24) is 4.98 Å². The third-order valence-electron chi connectivity index (χ3n) is 3.85. The SMILES string of the molecule is CC(C)C(=O)Nc1cc(N)c2c3c(cc(C(=O)CCO)nc13)C=N2. The number of nitrogens with one attached hydrogen (secondary N) is 1. The minimum atomic E-state index is -0.268. The van der Waals surface area contributed by atoms with E-state index in [1.54, 1.807) is 32.2 Å². The number of carbonyl (C=O) groups is 2. The molecule has 4 N–H and O–H groups in total. The summed E-state index contributed by atoms with van der Waals surface area (Å²) < 4.78 is 0. The summed E-state index contributed by atoms with van der Waals surface area (Å²) in [7, 11) is 0. The summed E-state index contributed by atoms with van der Waals surface area (Å²) in [5, 5.41) is 12.5. The fourth-order valence-electron chi connectivity index (χ4n) is 2.56. The molecular formula is C17H18N4O3. The number of nitrogens with zero attached hydrogens (tertiary/aromatic N) is 2. The zero-order valence-electron chi connectivity index (χ0n) is 13.5. The first-order valence-electron chi connectivity index (χ1n) is 7.68. The van der Waals surface area contributed by atoms with Gasteiger partial charge in [0, 0.05) is 29.5 Å². The van der Waals surface area contributed by atoms with Gasteiger partial charge in [-0.05, 0) is 12.1 Å². The molecule has 1 amide bonds. The Morgan fingerprint density at radius 2 is 2.08 bits per heavy atom. The Morgan fingerprint density at radius 1 is 1.33 bits per heavy atom. The van der Waals surface area contributed by atoms with E-state index in [0.29, 0.717) is 22.6 Å². The average Bonchev–Trinajstić information content (AvgIpc) is 2.97. The van der Waals surface area contributed by atoms with Crippen LogP contribution in [0, 0.1) is 5.92 Å². The zero-order chi connectivity index (χ0) is 17.4. The van der Waals surface area contributed by atoms with E-state index in [1.807, 2.05) is 0 Å². The van der Waals surface area contributed by atoms with Crippen LogP contribution >= 0.6 is 0 Å². The van der Waals surface area contributed by atoms with E-state index in [0.717, 1.165) is 10.9 Å². The predicted molar refractivity (Wildman–Crippen MR) is 92.9 cm³/mol. The zero-order valence-corrected chi connectivity index (χ0v) is 13.5. The van der Waals surface area contributed by atoms with Gasteiger partial charge in [-0.25, -0.2) is 4.98 Å². The van der Waals surface area contributed by atoms with Crippen molar-refractivity contribution in [3.8, 4) is 0 Å². The number of hydrogen-bond acceptors (Lipinski definition) is 6. The highest BCUT2D eigenvalue weighted by Crippen LogP contribution is 2.41. The fourth-order valence-corrected chi connectivity index (χ4v) is 2.56. The molecule has 2 heterocycles. The number of aliphatic hydroxyl groups excluding tert-OH is 1. The van der Waals surface area contributed by atoms with E-state index in [-0.39, 0.29) is 36.3 Å². The lowest BCUT2D eigenvalue weighted by molar-refractivity contribution is -0.118. The van der Waals surface area contributed by atoms with E-state index < -0.39 is 0 Å². The summed E-state index contributed by atoms with van der Waals surface area (Å²) in [6, 6.07) is 3.24. The van der Waals surface area contributed by atoms with E-state index in [4.69, 9.17) is 10.8 Å². The number of aliphatic hydroxyl groups is 1. The van der Waals surface area contributed by atoms with E-state index >= 15 is 0 Å². The highest BCUT2D eigenvalue weighted by molar-refractivity contribution is 6.18. The number of aromatic nitrogens is 1. The van der Waals surface area contributed by atoms with Gasteiger partial charge in [0.2, 0.25) is 5.91 Å². The van der Waals surface area contributed by atoms with Crippen LogP contribution in [0.25, 0.3) is 10.9 Å². The number of nitrogen functional groups attached to an aromatic ring is 1. The van der Waals surface area contributed by atoms with Gasteiger partial charge in [0.05, 0.1) is 29.2 Å². The van der Waals surface area contributed by atoms with Crippen molar-refractivity contribution in [3.63, 3.8) is 0 Å². The van der Waals surface area contributed by atoms with Crippen LogP contribution in [0.2, 0.25) is 0 Å². The maximum Gasteiger partial charge on any atom is 0.226 e. The van der Waals surface area contributed by atoms with Gasteiger partial charge in [0.1, 0.15) is 5.69 Å². The fraction of sp³-hybridized carbons (Fsp3) is 0.294. The summed E-state index contributed by atoms with van der Waals surface area (Å²) >= 11 is 0. The first-order chi connectivity index (χ1) is 11.4. The standard InChI is InChI=1S/C17H18N4O3/c1-8(2)17(24)21-12-6-10(18)15-14-9(7-19-15)5-11(20-16(12)14)13(23)3-4-22/h5-8,22H,3-4,18H2,1-2H3,(H,21,24). The number of aliphatic imine (C=N–C) groups is 1. The number of rotatable bonds is 5. The van der Waals surface area contributed by atoms with Gasteiger partial charge in [0.15, 0.2) is 5.78 Å². The van der Waals surface area contributed by atoms with Gasteiger partial charge >= 0.3 is 0 Å². The number of anilines is 2. The molecule has 0 saturated heterocycles. The Balaban J connectivity index is 2.20. The average molecular weight is 326 g/mol. The Bertz CT molecular complexity index is 887. The Labute approximate surface area is 138 Å². The van der Waals surface area contributed by atoms with Crippen LogP contribution in [0.5, 0.6) is 0 Å². The van der Waals surface area contributed by atoms with Crippen molar-refractivity contribution >= 4 is 45.9 Å². The summed E-state index contributed by atoms with van der Waals surface area (Å²) in [5.74, 6) is -0.643. The molecule has 0 spiro atoms. The van der Waals surface area contributed by atoms with Crippen LogP contribution in [-0.4, -0.2) is 34.6 Å². The van der Waals surface area contributed by atoms with Crippen molar-refractivity contribution in [3.05, 3.63) is 23.4 Å². The molecule has 1 aromatic heterocycles. The van der Waals surface area contributed by atoms with Crippen LogP contribution in [0.1, 0.15) is 36.3 Å². The Hall–Kier alpha value is -2.80. The van der Waals surface area contributed by atoms with Crippen molar-refractivity contribution in [2.45, 2.75) is 20.3 Å². The molecule has 0 atom stereocenters. The number of nitrogens with two attached hydrogens (primary N) is 1. The maximum absolute atomic E-state index is 12.1. The van der Waals surface area contributed by atoms with Crippen LogP contribution in [-0.2, 0) is 4.79 Å². The van der Waals surface area contributed by atoms with Gasteiger partial charge < -0.3 is 16.2 Å². The Kier molecular flexibility index (Phi) is 4.02. The van der Waals surface area contributed by atoms with Crippen LogP contribution in [0.4, 0.5) is 17.1 Å². The maximum atomic E-state index is 12.1. The molecule has 0 bridgehead atoms. The molecule has 1 aromatic carbocycles. The number of Topliss-reactive ketones (excluding diaryl/α,β-unsaturated/α-hetero) is 1. The lowest BCUT2D eigenvalue weighted by Gasteiger charge is -2.13. The number of amides is 1. The highest BCUT2D eigenvalue weighted by Gasteiger charge is 2.22. The van der Waals surface area contributed by atoms with Gasteiger partial charge in [0.25, 0.3) is 0 Å². The second kappa shape index (κ2) is 6.01. The highest BCUT2D eigenvalue weighted by atomic mass is 16.3. The van der Waals surface area contributed by atoms with Crippen LogP contribution in [0.15, 0.2) is 17.1 Å². The van der Waals surface area contributed by atoms with Gasteiger partial charge in [-0.3, -0.25) is 14.6 Å². The van der Waals surface area contributed by atoms with Crippen molar-refractivity contribution in [2.75, 3.05) is 17.7 Å². The first kappa shape index (κ1) is 16.1. The predicted octanol–water partition coefficient (Wildman–Crippen LogP) is 2.04. The quantitative estimate of drug-likeness (QED) is 0.490. The summed E-state index contributed by atoms with van der Waals surface area (Å²) in [6.07, 6.45) is 1.62. The molecule has 124 valence electrons. The molecule has 2 aromatic rings. The molecule has 0 radical (unpaired) electrons. The minimum Gasteiger partial charge on any atom is -0.397 e. The molecule has 3 rings (SSSR count). The molecule has 0 unspecified atom stereocenters. The van der Waals surface area contributed by atoms with Gasteiger partial charge in [-0.1, -0.05) is 13.8 Å². The second-order valence-corrected chi connectivity index (χ2v) is 5.98. The number of pyridine rings is 1. The minimum absolute atomic E-state index is 0.00932. The van der Waals surface area contributed by atoms with Crippen molar-refractivity contribution < 1.29 is 14.7 Å². The number of benzene rings is 1. The van der Waals surface area contributed by atoms with Gasteiger partial charge in [-0.15, -0.1) is 0 Å². The van der Waals surface area contributed by atoms with E-state index in [9.17, 15) is 9.59 Å². The molecule has 0 aliphatic carbocycles. The number of ketones is 1. The molecule has 0 fully saturated rings. The molecule has 7 nitrogen and oxygen atoms in total. The van der Waals surface area contributed by atoms with Crippen molar-refractivity contribution in [2.24, 2.45) is 10.9 Å². The van der Waals surface area contributed by atoms with Gasteiger partial charge in [-0.2, -0.15) is 0 Å². The monoisotopic (exact) mass is 326 g/mol. The molecule has 24 heavy (non-hydrogen) atoms. The van der Waals surface area contributed by atoms with E-state index in [2.05, 4.69) is 15.3 Å². The van der Waals surface area contributed by atoms with Crippen LogP contribution < -0.4 is 11.1 Å². The summed E-state index contributed by atoms with van der Waals surface area (Å²) in [4.78, 5) is 32.8. The van der Waals surface area contributed by atoms with E-state index in [1.165, 1.54) is 0 Å². The number of carbonyl (C=O) groups excluding carboxylic acids is 2. The third kappa shape index (κ3) is 2.63. The third-order valence-corrected chi connectivity index (χ3v) is 3.85. The molecular weight excluding hydrogens is 308 g/mol. The molecule has 1 aliphatic rings. The normalized spacial score (nSPS) is 12.2. The number of hydrogen-bond donors (Lipinski definition) is 3. The lowest BCUT2D eigenvalue weighted by Crippen LogP contribution is -2.18. The lowest BCUT2D eigenvalue weighted by atomic mass is 10.0. The largest absolute Gasteiger partial charge is 0.397 e. The Morgan fingerprint density at radius 3 is 2.75 bits per heavy atom. The first-order valence-corrected chi connectivity index (χ1v) is 7.68. The molecule has 7 heteroatoms. The van der Waals surface area contributed by atoms with Crippen LogP contribution in [0.3, 0.4) is 0 Å². The van der Waals surface area contributed by atoms with Crippen molar-refractivity contribution in [1.29, 1.82) is 0 Å². The summed E-state index contributed by atoms with van der Waals surface area (Å²) in [5.41, 5.74) is 8.96. The topological polar surface area (TPSA) is 118 Å². The molecule has 0 saturated carbocycles. The molecule has 1 aliphatic heterocycles. The summed E-state index contributed by atoms with van der Waals surface area (Å²) in [6.45, 7) is 3.32. The smallest absolute Gasteiger partial charge is 0.226 e. The second-order valence-electron chi connectivity index (χ2n) is 5.98.